The smallest absolute Gasteiger partial charge is 0.254 e. The Bertz CT molecular complexity index is 1020. The molecule has 0 spiro atoms. The SMILES string of the molecule is COCCCOc1cc(C(=O)N(C[C@@H]2CNC[C@H]2CN(C(=O)CC(C)(C)NC(C)=O)C2CC2)C(C)C)ccc1C. The summed E-state index contributed by atoms with van der Waals surface area (Å²) in [6, 6.07) is 5.98. The zero-order chi connectivity index (χ0) is 29.4. The van der Waals surface area contributed by atoms with E-state index in [1.165, 1.54) is 6.92 Å². The highest BCUT2D eigenvalue weighted by Crippen LogP contribution is 2.32. The first-order chi connectivity index (χ1) is 18.9. The number of nitrogens with zero attached hydrogens (tertiary/aromatic N) is 2. The van der Waals surface area contributed by atoms with Crippen LogP contribution in [0.15, 0.2) is 18.2 Å². The summed E-state index contributed by atoms with van der Waals surface area (Å²) in [6.45, 7) is 15.4. The number of carbonyl (C=O) groups is 3. The molecule has 3 amide bonds. The normalized spacial score (nSPS) is 19.0. The van der Waals surface area contributed by atoms with Crippen molar-refractivity contribution in [3.63, 3.8) is 0 Å². The van der Waals surface area contributed by atoms with Crippen molar-refractivity contribution < 1.29 is 23.9 Å². The van der Waals surface area contributed by atoms with Gasteiger partial charge in [0.25, 0.3) is 5.91 Å². The lowest BCUT2D eigenvalue weighted by Gasteiger charge is -2.35. The molecule has 0 radical (unpaired) electrons. The maximum absolute atomic E-state index is 13.7. The monoisotopic (exact) mass is 558 g/mol. The van der Waals surface area contributed by atoms with Crippen LogP contribution in [0, 0.1) is 18.8 Å². The summed E-state index contributed by atoms with van der Waals surface area (Å²) in [4.78, 5) is 42.7. The first kappa shape index (κ1) is 31.9. The summed E-state index contributed by atoms with van der Waals surface area (Å²) >= 11 is 0. The van der Waals surface area contributed by atoms with E-state index in [0.717, 1.165) is 43.7 Å². The van der Waals surface area contributed by atoms with Gasteiger partial charge in [-0.3, -0.25) is 14.4 Å². The van der Waals surface area contributed by atoms with Gasteiger partial charge in [-0.15, -0.1) is 0 Å². The summed E-state index contributed by atoms with van der Waals surface area (Å²) < 4.78 is 11.1. The molecule has 2 fully saturated rings. The van der Waals surface area contributed by atoms with Gasteiger partial charge in [-0.05, 0) is 77.0 Å². The Morgan fingerprint density at radius 2 is 1.77 bits per heavy atom. The standard InChI is InChI=1S/C31H50N4O5/c1-21(2)34(30(38)24-10-9-22(3)28(15-24)40-14-8-13-39-7)19-25-17-32-18-26(25)20-35(27-11-12-27)29(37)16-31(5,6)33-23(4)36/h9-10,15,21,25-27,32H,8,11-14,16-20H2,1-7H3,(H,33,36)/t25-,26-/m0/s1. The molecule has 1 aromatic carbocycles. The fraction of sp³-hybridized carbons (Fsp3) is 0.710. The molecule has 2 N–H and O–H groups in total. The van der Waals surface area contributed by atoms with Gasteiger partial charge in [-0.1, -0.05) is 6.07 Å². The number of aryl methyl sites for hydroxylation is 1. The molecule has 40 heavy (non-hydrogen) atoms. The number of rotatable bonds is 15. The molecule has 0 unspecified atom stereocenters. The average molecular weight is 559 g/mol. The van der Waals surface area contributed by atoms with E-state index >= 15 is 0 Å². The van der Waals surface area contributed by atoms with E-state index in [1.807, 2.05) is 48.8 Å². The van der Waals surface area contributed by atoms with Gasteiger partial charge in [-0.25, -0.2) is 0 Å². The van der Waals surface area contributed by atoms with Gasteiger partial charge in [0.05, 0.1) is 6.61 Å². The van der Waals surface area contributed by atoms with Crippen LogP contribution in [0.25, 0.3) is 0 Å². The minimum absolute atomic E-state index is 0.00502. The van der Waals surface area contributed by atoms with Crippen LogP contribution in [0.1, 0.15) is 76.2 Å². The van der Waals surface area contributed by atoms with Gasteiger partial charge in [0.15, 0.2) is 0 Å². The summed E-state index contributed by atoms with van der Waals surface area (Å²) in [6.07, 6.45) is 3.11. The molecule has 9 heteroatoms. The van der Waals surface area contributed by atoms with Crippen molar-refractivity contribution in [3.8, 4) is 5.75 Å². The van der Waals surface area contributed by atoms with Crippen molar-refractivity contribution in [2.75, 3.05) is 46.5 Å². The molecule has 9 nitrogen and oxygen atoms in total. The Hall–Kier alpha value is -2.65. The molecule has 224 valence electrons. The Morgan fingerprint density at radius 3 is 2.38 bits per heavy atom. The van der Waals surface area contributed by atoms with Crippen molar-refractivity contribution in [3.05, 3.63) is 29.3 Å². The fourth-order valence-corrected chi connectivity index (χ4v) is 5.53. The topological polar surface area (TPSA) is 100 Å². The number of nitrogens with one attached hydrogen (secondary N) is 2. The van der Waals surface area contributed by atoms with Crippen LogP contribution in [-0.4, -0.2) is 91.6 Å². The number of methoxy groups -OCH3 is 1. The minimum Gasteiger partial charge on any atom is -0.493 e. The molecule has 0 aromatic heterocycles. The lowest BCUT2D eigenvalue weighted by molar-refractivity contribution is -0.134. The maximum Gasteiger partial charge on any atom is 0.254 e. The van der Waals surface area contributed by atoms with Crippen LogP contribution >= 0.6 is 0 Å². The molecule has 0 bridgehead atoms. The fourth-order valence-electron chi connectivity index (χ4n) is 5.53. The number of carbonyl (C=O) groups excluding carboxylic acids is 3. The first-order valence-electron chi connectivity index (χ1n) is 14.7. The van der Waals surface area contributed by atoms with Crippen LogP contribution in [-0.2, 0) is 14.3 Å². The Morgan fingerprint density at radius 1 is 1.10 bits per heavy atom. The van der Waals surface area contributed by atoms with Gasteiger partial charge in [0.2, 0.25) is 11.8 Å². The quantitative estimate of drug-likeness (QED) is 0.320. The third-order valence-corrected chi connectivity index (χ3v) is 7.83. The first-order valence-corrected chi connectivity index (χ1v) is 14.7. The van der Waals surface area contributed by atoms with Gasteiger partial charge >= 0.3 is 0 Å². The Labute approximate surface area is 240 Å². The molecule has 3 rings (SSSR count). The predicted octanol–water partition coefficient (Wildman–Crippen LogP) is 3.39. The van der Waals surface area contributed by atoms with Crippen LogP contribution in [0.3, 0.4) is 0 Å². The molecule has 1 saturated heterocycles. The predicted molar refractivity (Wildman–Crippen MR) is 156 cm³/mol. The zero-order valence-electron chi connectivity index (χ0n) is 25.5. The van der Waals surface area contributed by atoms with Gasteiger partial charge in [-0.2, -0.15) is 0 Å². The Balaban J connectivity index is 1.68. The summed E-state index contributed by atoms with van der Waals surface area (Å²) in [5.74, 6) is 1.16. The van der Waals surface area contributed by atoms with Gasteiger partial charge in [0, 0.05) is 82.8 Å². The van der Waals surface area contributed by atoms with Crippen LogP contribution in [0.4, 0.5) is 0 Å². The molecule has 1 aliphatic heterocycles. The minimum atomic E-state index is -0.593. The third kappa shape index (κ3) is 9.20. The highest BCUT2D eigenvalue weighted by Gasteiger charge is 2.39. The van der Waals surface area contributed by atoms with E-state index in [1.54, 1.807) is 7.11 Å². The lowest BCUT2D eigenvalue weighted by Crippen LogP contribution is -2.49. The van der Waals surface area contributed by atoms with Crippen LogP contribution < -0.4 is 15.4 Å². The van der Waals surface area contributed by atoms with Crippen molar-refractivity contribution in [2.24, 2.45) is 11.8 Å². The number of ether oxygens (including phenoxy) is 2. The summed E-state index contributed by atoms with van der Waals surface area (Å²) in [7, 11) is 1.67. The van der Waals surface area contributed by atoms with E-state index in [2.05, 4.69) is 24.5 Å². The molecule has 1 heterocycles. The second kappa shape index (κ2) is 14.3. The highest BCUT2D eigenvalue weighted by atomic mass is 16.5. The maximum atomic E-state index is 13.7. The molecular weight excluding hydrogens is 508 g/mol. The van der Waals surface area contributed by atoms with Crippen molar-refractivity contribution in [1.29, 1.82) is 0 Å². The molecular formula is C31H50N4O5. The largest absolute Gasteiger partial charge is 0.493 e. The third-order valence-electron chi connectivity index (χ3n) is 7.83. The lowest BCUT2D eigenvalue weighted by atomic mass is 9.93. The number of amides is 3. The molecule has 1 aliphatic carbocycles. The second-order valence-electron chi connectivity index (χ2n) is 12.4. The van der Waals surface area contributed by atoms with E-state index in [9.17, 15) is 14.4 Å². The van der Waals surface area contributed by atoms with E-state index < -0.39 is 5.54 Å². The molecule has 1 aromatic rings. The number of benzene rings is 1. The Kier molecular flexibility index (Phi) is 11.4. The van der Waals surface area contributed by atoms with Gasteiger partial charge in [0.1, 0.15) is 5.75 Å². The number of hydrogen-bond donors (Lipinski definition) is 2. The number of hydrogen-bond acceptors (Lipinski definition) is 6. The van der Waals surface area contributed by atoms with E-state index in [4.69, 9.17) is 9.47 Å². The zero-order valence-corrected chi connectivity index (χ0v) is 25.5. The molecule has 2 aliphatic rings. The summed E-state index contributed by atoms with van der Waals surface area (Å²) in [5.41, 5.74) is 1.03. The van der Waals surface area contributed by atoms with Crippen LogP contribution in [0.5, 0.6) is 5.75 Å². The highest BCUT2D eigenvalue weighted by molar-refractivity contribution is 5.95. The van der Waals surface area contributed by atoms with Crippen molar-refractivity contribution >= 4 is 17.7 Å². The second-order valence-corrected chi connectivity index (χ2v) is 12.4. The van der Waals surface area contributed by atoms with Crippen molar-refractivity contribution in [2.45, 2.75) is 84.8 Å². The molecule has 1 saturated carbocycles. The van der Waals surface area contributed by atoms with Crippen molar-refractivity contribution in [1.82, 2.24) is 20.4 Å². The van der Waals surface area contributed by atoms with E-state index in [0.29, 0.717) is 31.9 Å². The van der Waals surface area contributed by atoms with Crippen LogP contribution in [0.2, 0.25) is 0 Å². The average Bonchev–Trinajstić information content (AvgIpc) is 3.61. The summed E-state index contributed by atoms with van der Waals surface area (Å²) in [5, 5.41) is 6.41. The molecule has 2 atom stereocenters. The van der Waals surface area contributed by atoms with E-state index in [-0.39, 0.29) is 48.1 Å². The van der Waals surface area contributed by atoms with Gasteiger partial charge < -0.3 is 29.9 Å².